The predicted molar refractivity (Wildman–Crippen MR) is 93.6 cm³/mol. The summed E-state index contributed by atoms with van der Waals surface area (Å²) in [6, 6.07) is 18.0. The SMILES string of the molecule is Bc1ccc(-c2ccc(-c3ccc(B)cc3)c(F)c2F)cc1. The molecule has 3 aromatic rings. The van der Waals surface area contributed by atoms with E-state index in [-0.39, 0.29) is 11.1 Å². The van der Waals surface area contributed by atoms with Crippen LogP contribution in [0.5, 0.6) is 0 Å². The largest absolute Gasteiger partial charge is 0.203 e. The van der Waals surface area contributed by atoms with Crippen LogP contribution < -0.4 is 10.9 Å². The molecule has 0 bridgehead atoms. The van der Waals surface area contributed by atoms with E-state index in [2.05, 4.69) is 0 Å². The zero-order valence-corrected chi connectivity index (χ0v) is 12.5. The van der Waals surface area contributed by atoms with Crippen molar-refractivity contribution in [3.63, 3.8) is 0 Å². The van der Waals surface area contributed by atoms with E-state index in [1.54, 1.807) is 36.4 Å². The van der Waals surface area contributed by atoms with Gasteiger partial charge in [0.1, 0.15) is 15.7 Å². The van der Waals surface area contributed by atoms with Gasteiger partial charge in [0.05, 0.1) is 0 Å². The Morgan fingerprint density at radius 2 is 0.818 bits per heavy atom. The maximum atomic E-state index is 14.4. The van der Waals surface area contributed by atoms with Gasteiger partial charge in [-0.2, -0.15) is 0 Å². The molecule has 0 radical (unpaired) electrons. The average Bonchev–Trinajstić information content (AvgIpc) is 2.52. The Balaban J connectivity index is 2.08. The van der Waals surface area contributed by atoms with Crippen molar-refractivity contribution in [2.75, 3.05) is 0 Å². The van der Waals surface area contributed by atoms with Crippen molar-refractivity contribution in [2.24, 2.45) is 0 Å². The standard InChI is InChI=1S/C18H14B2F2/c19-13-5-1-11(2-6-13)15-9-10-16(18(22)17(15)21)12-3-7-14(20)8-4-12/h1-10H,19-20H2. The average molecular weight is 290 g/mol. The third-order valence-corrected chi connectivity index (χ3v) is 3.81. The Kier molecular flexibility index (Phi) is 3.84. The summed E-state index contributed by atoms with van der Waals surface area (Å²) in [5.74, 6) is -1.61. The number of halogens is 2. The molecule has 0 spiro atoms. The molecule has 0 atom stereocenters. The molecule has 3 aromatic carbocycles. The molecule has 4 heteroatoms. The van der Waals surface area contributed by atoms with Gasteiger partial charge in [-0.3, -0.25) is 0 Å². The van der Waals surface area contributed by atoms with Crippen LogP contribution >= 0.6 is 0 Å². The Morgan fingerprint density at radius 3 is 1.14 bits per heavy atom. The highest BCUT2D eigenvalue weighted by Gasteiger charge is 2.15. The fraction of sp³-hybridized carbons (Fsp3) is 0. The first-order valence-electron chi connectivity index (χ1n) is 7.18. The van der Waals surface area contributed by atoms with Gasteiger partial charge in [-0.1, -0.05) is 71.6 Å². The first-order valence-corrected chi connectivity index (χ1v) is 7.18. The maximum absolute atomic E-state index is 14.4. The van der Waals surface area contributed by atoms with E-state index in [0.29, 0.717) is 11.1 Å². The van der Waals surface area contributed by atoms with Crippen LogP contribution in [-0.4, -0.2) is 15.7 Å². The molecule has 0 amide bonds. The molecule has 0 aromatic heterocycles. The molecule has 0 unspecified atom stereocenters. The molecule has 0 nitrogen and oxygen atoms in total. The van der Waals surface area contributed by atoms with Crippen molar-refractivity contribution in [3.05, 3.63) is 72.3 Å². The van der Waals surface area contributed by atoms with Gasteiger partial charge in [0, 0.05) is 11.1 Å². The molecule has 0 heterocycles. The lowest BCUT2D eigenvalue weighted by atomic mass is 9.91. The summed E-state index contributed by atoms with van der Waals surface area (Å²) in [7, 11) is 3.92. The second kappa shape index (κ2) is 5.80. The monoisotopic (exact) mass is 290 g/mol. The van der Waals surface area contributed by atoms with Gasteiger partial charge < -0.3 is 0 Å². The third-order valence-electron chi connectivity index (χ3n) is 3.81. The summed E-state index contributed by atoms with van der Waals surface area (Å²) in [5, 5.41) is 0. The summed E-state index contributed by atoms with van der Waals surface area (Å²) < 4.78 is 28.9. The lowest BCUT2D eigenvalue weighted by Gasteiger charge is -2.10. The van der Waals surface area contributed by atoms with Crippen molar-refractivity contribution in [3.8, 4) is 22.3 Å². The third kappa shape index (κ3) is 2.69. The first-order chi connectivity index (χ1) is 10.6. The van der Waals surface area contributed by atoms with Crippen LogP contribution in [0.15, 0.2) is 60.7 Å². The molecule has 22 heavy (non-hydrogen) atoms. The van der Waals surface area contributed by atoms with Gasteiger partial charge in [0.2, 0.25) is 0 Å². The van der Waals surface area contributed by atoms with Crippen molar-refractivity contribution in [2.45, 2.75) is 0 Å². The molecule has 3 rings (SSSR count). The van der Waals surface area contributed by atoms with Gasteiger partial charge >= 0.3 is 0 Å². The number of hydrogen-bond acceptors (Lipinski definition) is 0. The van der Waals surface area contributed by atoms with E-state index in [0.717, 1.165) is 10.9 Å². The quantitative estimate of drug-likeness (QED) is 0.632. The Morgan fingerprint density at radius 1 is 0.500 bits per heavy atom. The highest BCUT2D eigenvalue weighted by molar-refractivity contribution is 6.32. The zero-order valence-electron chi connectivity index (χ0n) is 12.5. The smallest absolute Gasteiger partial charge is 0.167 e. The Labute approximate surface area is 130 Å². The molecule has 0 saturated carbocycles. The summed E-state index contributed by atoms with van der Waals surface area (Å²) in [5.41, 5.74) is 4.10. The normalized spacial score (nSPS) is 10.6. The Hall–Kier alpha value is -2.35. The molecule has 0 aliphatic carbocycles. The summed E-state index contributed by atoms with van der Waals surface area (Å²) in [6.45, 7) is 0. The van der Waals surface area contributed by atoms with Crippen LogP contribution in [0, 0.1) is 11.6 Å². The van der Waals surface area contributed by atoms with Crippen molar-refractivity contribution < 1.29 is 8.78 Å². The first kappa shape index (κ1) is 14.6. The van der Waals surface area contributed by atoms with Crippen LogP contribution in [0.4, 0.5) is 8.78 Å². The molecular weight excluding hydrogens is 276 g/mol. The number of benzene rings is 3. The number of hydrogen-bond donors (Lipinski definition) is 0. The molecule has 0 fully saturated rings. The fourth-order valence-corrected chi connectivity index (χ4v) is 2.46. The molecule has 0 N–H and O–H groups in total. The van der Waals surface area contributed by atoms with Crippen LogP contribution in [-0.2, 0) is 0 Å². The summed E-state index contributed by atoms with van der Waals surface area (Å²) in [6.07, 6.45) is 0. The summed E-state index contributed by atoms with van der Waals surface area (Å²) in [4.78, 5) is 0. The second-order valence-electron chi connectivity index (χ2n) is 5.52. The molecule has 106 valence electrons. The molecule has 0 saturated heterocycles. The van der Waals surface area contributed by atoms with E-state index in [4.69, 9.17) is 0 Å². The molecule has 0 aliphatic heterocycles. The van der Waals surface area contributed by atoms with E-state index >= 15 is 0 Å². The van der Waals surface area contributed by atoms with Gasteiger partial charge in [-0.05, 0) is 11.1 Å². The van der Waals surface area contributed by atoms with Crippen molar-refractivity contribution >= 4 is 26.6 Å². The zero-order chi connectivity index (χ0) is 15.7. The van der Waals surface area contributed by atoms with Crippen LogP contribution in [0.2, 0.25) is 0 Å². The van der Waals surface area contributed by atoms with Crippen LogP contribution in [0.1, 0.15) is 0 Å². The van der Waals surface area contributed by atoms with Crippen LogP contribution in [0.25, 0.3) is 22.3 Å². The van der Waals surface area contributed by atoms with E-state index in [1.807, 2.05) is 40.0 Å². The van der Waals surface area contributed by atoms with Crippen LogP contribution in [0.3, 0.4) is 0 Å². The number of rotatable bonds is 2. The second-order valence-corrected chi connectivity index (χ2v) is 5.52. The highest BCUT2D eigenvalue weighted by atomic mass is 19.2. The Bertz CT molecular complexity index is 739. The van der Waals surface area contributed by atoms with Crippen molar-refractivity contribution in [1.82, 2.24) is 0 Å². The fourth-order valence-electron chi connectivity index (χ4n) is 2.46. The minimum atomic E-state index is -0.804. The van der Waals surface area contributed by atoms with Crippen molar-refractivity contribution in [1.29, 1.82) is 0 Å². The van der Waals surface area contributed by atoms with E-state index in [1.165, 1.54) is 0 Å². The highest BCUT2D eigenvalue weighted by Crippen LogP contribution is 2.30. The van der Waals surface area contributed by atoms with Gasteiger partial charge in [0.15, 0.2) is 11.6 Å². The van der Waals surface area contributed by atoms with Gasteiger partial charge in [-0.15, -0.1) is 0 Å². The molecular formula is C18H14B2F2. The van der Waals surface area contributed by atoms with E-state index < -0.39 is 11.6 Å². The van der Waals surface area contributed by atoms with Gasteiger partial charge in [0.25, 0.3) is 0 Å². The summed E-state index contributed by atoms with van der Waals surface area (Å²) >= 11 is 0. The molecule has 0 aliphatic rings. The predicted octanol–water partition coefficient (Wildman–Crippen LogP) is 1.82. The lowest BCUT2D eigenvalue weighted by Crippen LogP contribution is -2.01. The lowest BCUT2D eigenvalue weighted by molar-refractivity contribution is 0.514. The maximum Gasteiger partial charge on any atom is 0.167 e. The van der Waals surface area contributed by atoms with E-state index in [9.17, 15) is 8.78 Å². The topological polar surface area (TPSA) is 0 Å². The minimum absolute atomic E-state index is 0.286. The van der Waals surface area contributed by atoms with Gasteiger partial charge in [-0.25, -0.2) is 8.78 Å². The minimum Gasteiger partial charge on any atom is -0.203 e.